The lowest BCUT2D eigenvalue weighted by molar-refractivity contribution is 0.217. The Bertz CT molecular complexity index is 683. The lowest BCUT2D eigenvalue weighted by Gasteiger charge is -2.26. The Morgan fingerprint density at radius 1 is 1.27 bits per heavy atom. The smallest absolute Gasteiger partial charge is 0.321 e. The van der Waals surface area contributed by atoms with Crippen molar-refractivity contribution in [2.45, 2.75) is 0 Å². The van der Waals surface area contributed by atoms with E-state index in [1.165, 1.54) is 0 Å². The summed E-state index contributed by atoms with van der Waals surface area (Å²) in [5.74, 6) is 2.97. The number of urea groups is 1. The largest absolute Gasteiger partial charge is 0.362 e. The van der Waals surface area contributed by atoms with Crippen LogP contribution < -0.4 is 10.2 Å². The maximum atomic E-state index is 12.3. The molecule has 2 aromatic rings. The number of rotatable bonds is 2. The molecule has 0 radical (unpaired) electrons. The SMILES string of the molecule is CN(C)c1nccc2cc(NC(=O)N3CCSCC3)ccc12. The fraction of sp³-hybridized carbons (Fsp3) is 0.375. The molecule has 5 nitrogen and oxygen atoms in total. The minimum atomic E-state index is -0.0125. The fourth-order valence-corrected chi connectivity index (χ4v) is 3.47. The number of carbonyl (C=O) groups is 1. The first-order chi connectivity index (χ1) is 10.6. The van der Waals surface area contributed by atoms with E-state index in [4.69, 9.17) is 0 Å². The van der Waals surface area contributed by atoms with Crippen molar-refractivity contribution in [1.82, 2.24) is 9.88 Å². The number of carbonyl (C=O) groups excluding carboxylic acids is 1. The van der Waals surface area contributed by atoms with Gasteiger partial charge in [0.15, 0.2) is 0 Å². The van der Waals surface area contributed by atoms with Crippen molar-refractivity contribution in [3.05, 3.63) is 30.5 Å². The third kappa shape index (κ3) is 3.11. The lowest BCUT2D eigenvalue weighted by Crippen LogP contribution is -2.40. The Morgan fingerprint density at radius 3 is 2.77 bits per heavy atom. The fourth-order valence-electron chi connectivity index (χ4n) is 2.57. The van der Waals surface area contributed by atoms with Gasteiger partial charge in [-0.3, -0.25) is 0 Å². The van der Waals surface area contributed by atoms with E-state index in [1.54, 1.807) is 6.20 Å². The third-order valence-electron chi connectivity index (χ3n) is 3.72. The summed E-state index contributed by atoms with van der Waals surface area (Å²) in [6.45, 7) is 1.64. The van der Waals surface area contributed by atoms with Gasteiger partial charge in [-0.25, -0.2) is 9.78 Å². The van der Waals surface area contributed by atoms with Crippen molar-refractivity contribution in [1.29, 1.82) is 0 Å². The second-order valence-corrected chi connectivity index (χ2v) is 6.72. The number of fused-ring (bicyclic) bond motifs is 1. The zero-order valence-electron chi connectivity index (χ0n) is 12.9. The van der Waals surface area contributed by atoms with Crippen LogP contribution in [0.1, 0.15) is 0 Å². The summed E-state index contributed by atoms with van der Waals surface area (Å²) in [4.78, 5) is 20.5. The van der Waals surface area contributed by atoms with Crippen LogP contribution in [0.15, 0.2) is 30.5 Å². The highest BCUT2D eigenvalue weighted by Crippen LogP contribution is 2.26. The van der Waals surface area contributed by atoms with Crippen molar-refractivity contribution in [3.8, 4) is 0 Å². The van der Waals surface area contributed by atoms with Crippen LogP contribution in [-0.2, 0) is 0 Å². The van der Waals surface area contributed by atoms with Crippen LogP contribution >= 0.6 is 11.8 Å². The van der Waals surface area contributed by atoms with Gasteiger partial charge in [0, 0.05) is 56.0 Å². The van der Waals surface area contributed by atoms with Gasteiger partial charge in [-0.2, -0.15) is 11.8 Å². The molecule has 1 saturated heterocycles. The average Bonchev–Trinajstić information content (AvgIpc) is 2.54. The molecule has 22 heavy (non-hydrogen) atoms. The molecule has 116 valence electrons. The van der Waals surface area contributed by atoms with Gasteiger partial charge in [0.25, 0.3) is 0 Å². The molecule has 1 aliphatic rings. The maximum absolute atomic E-state index is 12.3. The zero-order chi connectivity index (χ0) is 15.5. The number of hydrogen-bond acceptors (Lipinski definition) is 4. The van der Waals surface area contributed by atoms with Crippen molar-refractivity contribution in [2.24, 2.45) is 0 Å². The number of aromatic nitrogens is 1. The van der Waals surface area contributed by atoms with Crippen LogP contribution in [0.25, 0.3) is 10.8 Å². The molecule has 6 heteroatoms. The van der Waals surface area contributed by atoms with Gasteiger partial charge in [0.1, 0.15) is 5.82 Å². The van der Waals surface area contributed by atoms with Gasteiger partial charge >= 0.3 is 6.03 Å². The Balaban J connectivity index is 1.81. The lowest BCUT2D eigenvalue weighted by atomic mass is 10.1. The van der Waals surface area contributed by atoms with Crippen molar-refractivity contribution >= 4 is 40.1 Å². The molecule has 3 rings (SSSR count). The molecular formula is C16H20N4OS. The molecule has 0 spiro atoms. The normalized spacial score (nSPS) is 14.9. The van der Waals surface area contributed by atoms with Crippen molar-refractivity contribution in [2.75, 3.05) is 48.9 Å². The number of pyridine rings is 1. The second-order valence-electron chi connectivity index (χ2n) is 5.49. The summed E-state index contributed by atoms with van der Waals surface area (Å²) in [6, 6.07) is 7.91. The molecule has 2 heterocycles. The Labute approximate surface area is 134 Å². The van der Waals surface area contributed by atoms with E-state index < -0.39 is 0 Å². The summed E-state index contributed by atoms with van der Waals surface area (Å²) in [6.07, 6.45) is 1.80. The number of thioether (sulfide) groups is 1. The topological polar surface area (TPSA) is 48.5 Å². The molecule has 1 fully saturated rings. The van der Waals surface area contributed by atoms with E-state index in [2.05, 4.69) is 10.3 Å². The van der Waals surface area contributed by atoms with Gasteiger partial charge in [0.2, 0.25) is 0 Å². The van der Waals surface area contributed by atoms with Crippen molar-refractivity contribution < 1.29 is 4.79 Å². The predicted molar refractivity (Wildman–Crippen MR) is 94.0 cm³/mol. The summed E-state index contributed by atoms with van der Waals surface area (Å²) < 4.78 is 0. The Hall–Kier alpha value is -1.95. The number of hydrogen-bond donors (Lipinski definition) is 1. The maximum Gasteiger partial charge on any atom is 0.321 e. The molecule has 2 amide bonds. The molecule has 0 saturated carbocycles. The third-order valence-corrected chi connectivity index (χ3v) is 4.66. The van der Waals surface area contributed by atoms with Crippen LogP contribution in [0.2, 0.25) is 0 Å². The van der Waals surface area contributed by atoms with Gasteiger partial charge in [0.05, 0.1) is 0 Å². The summed E-state index contributed by atoms with van der Waals surface area (Å²) in [7, 11) is 3.96. The molecule has 1 aromatic heterocycles. The molecule has 0 bridgehead atoms. The van der Waals surface area contributed by atoms with Crippen LogP contribution in [0.5, 0.6) is 0 Å². The highest BCUT2D eigenvalue weighted by molar-refractivity contribution is 7.99. The molecule has 0 aliphatic carbocycles. The first-order valence-electron chi connectivity index (χ1n) is 7.35. The Morgan fingerprint density at radius 2 is 2.05 bits per heavy atom. The van der Waals surface area contributed by atoms with E-state index in [0.717, 1.165) is 46.9 Å². The van der Waals surface area contributed by atoms with Gasteiger partial charge < -0.3 is 15.1 Å². The van der Waals surface area contributed by atoms with Gasteiger partial charge in [-0.15, -0.1) is 0 Å². The number of anilines is 2. The van der Waals surface area contributed by atoms with Crippen LogP contribution in [0, 0.1) is 0 Å². The number of nitrogens with zero attached hydrogens (tertiary/aromatic N) is 3. The van der Waals surface area contributed by atoms with E-state index in [0.29, 0.717) is 0 Å². The van der Waals surface area contributed by atoms with E-state index in [-0.39, 0.29) is 6.03 Å². The first-order valence-corrected chi connectivity index (χ1v) is 8.50. The number of amides is 2. The zero-order valence-corrected chi connectivity index (χ0v) is 13.7. The van der Waals surface area contributed by atoms with Gasteiger partial charge in [-0.1, -0.05) is 0 Å². The molecular weight excluding hydrogens is 296 g/mol. The standard InChI is InChI=1S/C16H20N4OS/c1-19(2)15-14-4-3-13(11-12(14)5-6-17-15)18-16(21)20-7-9-22-10-8-20/h3-6,11H,7-10H2,1-2H3,(H,18,21). The molecule has 1 aliphatic heterocycles. The second kappa shape index (κ2) is 6.44. The number of nitrogens with one attached hydrogen (secondary N) is 1. The quantitative estimate of drug-likeness (QED) is 0.925. The first kappa shape index (κ1) is 15.0. The van der Waals surface area contributed by atoms with Crippen molar-refractivity contribution in [3.63, 3.8) is 0 Å². The minimum absolute atomic E-state index is 0.0125. The monoisotopic (exact) mass is 316 g/mol. The van der Waals surface area contributed by atoms with Gasteiger partial charge in [-0.05, 0) is 29.7 Å². The van der Waals surface area contributed by atoms with E-state index in [9.17, 15) is 4.79 Å². The van der Waals surface area contributed by atoms with E-state index in [1.807, 2.05) is 59.9 Å². The Kier molecular flexibility index (Phi) is 4.38. The molecule has 1 aromatic carbocycles. The summed E-state index contributed by atoms with van der Waals surface area (Å²) >= 11 is 1.90. The molecule has 1 N–H and O–H groups in total. The van der Waals surface area contributed by atoms with Crippen LogP contribution in [0.4, 0.5) is 16.3 Å². The predicted octanol–water partition coefficient (Wildman–Crippen LogP) is 2.88. The highest BCUT2D eigenvalue weighted by Gasteiger charge is 2.16. The molecule has 0 unspecified atom stereocenters. The van der Waals surface area contributed by atoms with Crippen LogP contribution in [-0.4, -0.2) is 54.6 Å². The molecule has 0 atom stereocenters. The van der Waals surface area contributed by atoms with E-state index >= 15 is 0 Å². The summed E-state index contributed by atoms with van der Waals surface area (Å²) in [5, 5.41) is 5.15. The summed E-state index contributed by atoms with van der Waals surface area (Å²) in [5.41, 5.74) is 0.826. The minimum Gasteiger partial charge on any atom is -0.362 e. The van der Waals surface area contributed by atoms with Crippen LogP contribution in [0.3, 0.4) is 0 Å². The highest BCUT2D eigenvalue weighted by atomic mass is 32.2. The number of benzene rings is 1. The average molecular weight is 316 g/mol.